The summed E-state index contributed by atoms with van der Waals surface area (Å²) >= 11 is 0. The molecule has 0 aromatic carbocycles. The van der Waals surface area contributed by atoms with Crippen LogP contribution in [0, 0.1) is 5.92 Å². The summed E-state index contributed by atoms with van der Waals surface area (Å²) in [7, 11) is 0. The van der Waals surface area contributed by atoms with Crippen molar-refractivity contribution in [2.75, 3.05) is 25.0 Å². The molecule has 0 aliphatic heterocycles. The predicted octanol–water partition coefficient (Wildman–Crippen LogP) is 2.95. The van der Waals surface area contributed by atoms with Gasteiger partial charge in [-0.05, 0) is 51.2 Å². The van der Waals surface area contributed by atoms with Crippen LogP contribution in [0.4, 0.5) is 5.82 Å². The van der Waals surface area contributed by atoms with Crippen LogP contribution >= 0.6 is 0 Å². The fraction of sp³-hybridized carbons (Fsp3) is 0.625. The van der Waals surface area contributed by atoms with Crippen molar-refractivity contribution in [2.45, 2.75) is 40.0 Å². The van der Waals surface area contributed by atoms with Gasteiger partial charge < -0.3 is 10.2 Å². The smallest absolute Gasteiger partial charge is 0.254 e. The largest absolute Gasteiger partial charge is 0.370 e. The minimum absolute atomic E-state index is 0.135. The number of nitrogens with zero attached hydrogens (tertiary/aromatic N) is 2. The highest BCUT2D eigenvalue weighted by atomic mass is 16.2. The molecule has 110 valence electrons. The lowest BCUT2D eigenvalue weighted by atomic mass is 10.1. The van der Waals surface area contributed by atoms with Gasteiger partial charge in [-0.2, -0.15) is 0 Å². The highest BCUT2D eigenvalue weighted by Crippen LogP contribution is 2.30. The molecule has 4 nitrogen and oxygen atoms in total. The van der Waals surface area contributed by atoms with Crippen LogP contribution in [0.5, 0.6) is 0 Å². The molecule has 0 atom stereocenters. The van der Waals surface area contributed by atoms with Gasteiger partial charge in [-0.25, -0.2) is 4.98 Å². The number of amides is 1. The van der Waals surface area contributed by atoms with Gasteiger partial charge in [-0.15, -0.1) is 0 Å². The first-order chi connectivity index (χ1) is 9.67. The molecule has 4 heteroatoms. The third-order valence-electron chi connectivity index (χ3n) is 3.69. The molecule has 1 aliphatic rings. The number of aryl methyl sites for hydroxylation is 1. The predicted molar refractivity (Wildman–Crippen MR) is 82.1 cm³/mol. The van der Waals surface area contributed by atoms with E-state index in [0.717, 1.165) is 49.0 Å². The molecule has 1 N–H and O–H groups in total. The Kier molecular flexibility index (Phi) is 4.99. The molecule has 1 heterocycles. The molecular weight excluding hydrogens is 250 g/mol. The molecular formula is C16H25N3O. The van der Waals surface area contributed by atoms with Crippen molar-refractivity contribution in [3.8, 4) is 0 Å². The number of hydrogen-bond donors (Lipinski definition) is 1. The molecule has 20 heavy (non-hydrogen) atoms. The van der Waals surface area contributed by atoms with Gasteiger partial charge in [0.2, 0.25) is 0 Å². The first-order valence-corrected chi connectivity index (χ1v) is 7.72. The summed E-state index contributed by atoms with van der Waals surface area (Å²) in [5.74, 6) is 1.66. The average Bonchev–Trinajstić information content (AvgIpc) is 3.28. The molecule has 2 rings (SSSR count). The van der Waals surface area contributed by atoms with Gasteiger partial charge in [0.1, 0.15) is 5.82 Å². The number of anilines is 1. The minimum atomic E-state index is 0.135. The molecule has 1 saturated carbocycles. The zero-order chi connectivity index (χ0) is 14.5. The quantitative estimate of drug-likeness (QED) is 0.832. The van der Waals surface area contributed by atoms with Crippen LogP contribution in [0.3, 0.4) is 0 Å². The second-order valence-electron chi connectivity index (χ2n) is 5.40. The van der Waals surface area contributed by atoms with Crippen LogP contribution < -0.4 is 5.32 Å². The lowest BCUT2D eigenvalue weighted by Crippen LogP contribution is -2.32. The molecule has 1 aromatic rings. The second-order valence-corrected chi connectivity index (χ2v) is 5.40. The summed E-state index contributed by atoms with van der Waals surface area (Å²) in [6, 6.07) is 3.80. The molecule has 0 radical (unpaired) electrons. The van der Waals surface area contributed by atoms with E-state index in [9.17, 15) is 4.79 Å². The van der Waals surface area contributed by atoms with Crippen molar-refractivity contribution in [2.24, 2.45) is 5.92 Å². The Morgan fingerprint density at radius 3 is 2.65 bits per heavy atom. The Morgan fingerprint density at radius 2 is 2.10 bits per heavy atom. The lowest BCUT2D eigenvalue weighted by molar-refractivity contribution is 0.0756. The SMILES string of the molecule is CCNc1cc(C(=O)N(CC)CC2CC2)cc(CC)n1. The summed E-state index contributed by atoms with van der Waals surface area (Å²) in [5, 5.41) is 3.21. The third kappa shape index (κ3) is 3.71. The number of aromatic nitrogens is 1. The summed E-state index contributed by atoms with van der Waals surface area (Å²) in [6.07, 6.45) is 3.38. The van der Waals surface area contributed by atoms with Crippen LogP contribution in [0.2, 0.25) is 0 Å². The van der Waals surface area contributed by atoms with Crippen LogP contribution in [0.25, 0.3) is 0 Å². The van der Waals surface area contributed by atoms with E-state index in [1.807, 2.05) is 30.9 Å². The molecule has 1 amide bonds. The molecule has 1 fully saturated rings. The normalized spacial score (nSPS) is 14.2. The van der Waals surface area contributed by atoms with Crippen molar-refractivity contribution >= 4 is 11.7 Å². The highest BCUT2D eigenvalue weighted by Gasteiger charge is 2.26. The zero-order valence-corrected chi connectivity index (χ0v) is 12.8. The fourth-order valence-corrected chi connectivity index (χ4v) is 2.31. The van der Waals surface area contributed by atoms with E-state index >= 15 is 0 Å². The van der Waals surface area contributed by atoms with Gasteiger partial charge in [0.15, 0.2) is 0 Å². The monoisotopic (exact) mass is 275 g/mol. The molecule has 1 aliphatic carbocycles. The summed E-state index contributed by atoms with van der Waals surface area (Å²) in [4.78, 5) is 19.1. The zero-order valence-electron chi connectivity index (χ0n) is 12.8. The Balaban J connectivity index is 2.19. The molecule has 1 aromatic heterocycles. The standard InChI is InChI=1S/C16H25N3O/c1-4-14-9-13(10-15(18-14)17-5-2)16(20)19(6-3)11-12-7-8-12/h9-10,12H,4-8,11H2,1-3H3,(H,17,18). The molecule has 0 unspecified atom stereocenters. The first kappa shape index (κ1) is 14.8. The van der Waals surface area contributed by atoms with Crippen molar-refractivity contribution < 1.29 is 4.79 Å². The number of rotatable bonds is 7. The second kappa shape index (κ2) is 6.73. The fourth-order valence-electron chi connectivity index (χ4n) is 2.31. The van der Waals surface area contributed by atoms with Crippen LogP contribution in [-0.2, 0) is 6.42 Å². The van der Waals surface area contributed by atoms with E-state index in [-0.39, 0.29) is 5.91 Å². The molecule has 0 saturated heterocycles. The van der Waals surface area contributed by atoms with Gasteiger partial charge in [-0.3, -0.25) is 4.79 Å². The Bertz CT molecular complexity index is 469. The third-order valence-corrected chi connectivity index (χ3v) is 3.69. The van der Waals surface area contributed by atoms with E-state index < -0.39 is 0 Å². The average molecular weight is 275 g/mol. The van der Waals surface area contributed by atoms with Crippen LogP contribution in [0.1, 0.15) is 49.7 Å². The van der Waals surface area contributed by atoms with E-state index in [0.29, 0.717) is 0 Å². The Hall–Kier alpha value is -1.58. The van der Waals surface area contributed by atoms with Crippen molar-refractivity contribution in [3.05, 3.63) is 23.4 Å². The number of carbonyl (C=O) groups excluding carboxylic acids is 1. The maximum absolute atomic E-state index is 12.6. The van der Waals surface area contributed by atoms with Crippen LogP contribution in [0.15, 0.2) is 12.1 Å². The van der Waals surface area contributed by atoms with Gasteiger partial charge in [0, 0.05) is 30.9 Å². The van der Waals surface area contributed by atoms with Gasteiger partial charge in [0.05, 0.1) is 0 Å². The number of pyridine rings is 1. The maximum Gasteiger partial charge on any atom is 0.254 e. The lowest BCUT2D eigenvalue weighted by Gasteiger charge is -2.21. The van der Waals surface area contributed by atoms with Crippen molar-refractivity contribution in [3.63, 3.8) is 0 Å². The summed E-state index contributed by atoms with van der Waals surface area (Å²) in [5.41, 5.74) is 1.73. The first-order valence-electron chi connectivity index (χ1n) is 7.72. The Labute approximate surface area is 121 Å². The summed E-state index contributed by atoms with van der Waals surface area (Å²) in [6.45, 7) is 8.63. The highest BCUT2D eigenvalue weighted by molar-refractivity contribution is 5.95. The Morgan fingerprint density at radius 1 is 1.35 bits per heavy atom. The van der Waals surface area contributed by atoms with Gasteiger partial charge in [-0.1, -0.05) is 6.92 Å². The van der Waals surface area contributed by atoms with Gasteiger partial charge in [0.25, 0.3) is 5.91 Å². The number of hydrogen-bond acceptors (Lipinski definition) is 3. The van der Waals surface area contributed by atoms with E-state index in [1.54, 1.807) is 0 Å². The number of carbonyl (C=O) groups is 1. The van der Waals surface area contributed by atoms with E-state index in [4.69, 9.17) is 0 Å². The maximum atomic E-state index is 12.6. The van der Waals surface area contributed by atoms with Crippen molar-refractivity contribution in [1.82, 2.24) is 9.88 Å². The van der Waals surface area contributed by atoms with Crippen LogP contribution in [-0.4, -0.2) is 35.4 Å². The molecule has 0 spiro atoms. The van der Waals surface area contributed by atoms with E-state index in [2.05, 4.69) is 17.2 Å². The van der Waals surface area contributed by atoms with E-state index in [1.165, 1.54) is 12.8 Å². The topological polar surface area (TPSA) is 45.2 Å². The number of nitrogens with one attached hydrogen (secondary N) is 1. The molecule has 0 bridgehead atoms. The van der Waals surface area contributed by atoms with Gasteiger partial charge >= 0.3 is 0 Å². The van der Waals surface area contributed by atoms with Crippen molar-refractivity contribution in [1.29, 1.82) is 0 Å². The minimum Gasteiger partial charge on any atom is -0.370 e. The summed E-state index contributed by atoms with van der Waals surface area (Å²) < 4.78 is 0.